The fourth-order valence-corrected chi connectivity index (χ4v) is 8.29. The Morgan fingerprint density at radius 1 is 1.17 bits per heavy atom. The molecule has 3 aliphatic heterocycles. The van der Waals surface area contributed by atoms with E-state index < -0.39 is 17.6 Å². The summed E-state index contributed by atoms with van der Waals surface area (Å²) in [5.41, 5.74) is 2.22. The second-order valence-electron chi connectivity index (χ2n) is 15.3. The molecule has 1 spiro atoms. The topological polar surface area (TPSA) is 89.7 Å². The van der Waals surface area contributed by atoms with E-state index in [9.17, 15) is 13.6 Å². The quantitative estimate of drug-likeness (QED) is 0.316. The van der Waals surface area contributed by atoms with Crippen molar-refractivity contribution in [1.82, 2.24) is 29.8 Å². The third-order valence-electron chi connectivity index (χ3n) is 10.6. The van der Waals surface area contributed by atoms with Gasteiger partial charge in [0, 0.05) is 67.0 Å². The summed E-state index contributed by atoms with van der Waals surface area (Å²) in [5.74, 6) is 0.521. The van der Waals surface area contributed by atoms with Gasteiger partial charge in [0.1, 0.15) is 11.1 Å². The van der Waals surface area contributed by atoms with Gasteiger partial charge >= 0.3 is 6.09 Å². The van der Waals surface area contributed by atoms with Crippen LogP contribution in [0, 0.1) is 19.3 Å². The Morgan fingerprint density at radius 3 is 2.57 bits per heavy atom. The summed E-state index contributed by atoms with van der Waals surface area (Å²) in [6, 6.07) is 2.11. The molecule has 13 heteroatoms. The van der Waals surface area contributed by atoms with Gasteiger partial charge in [0.2, 0.25) is 0 Å². The highest BCUT2D eigenvalue weighted by Gasteiger charge is 2.56. The second kappa shape index (κ2) is 11.6. The zero-order chi connectivity index (χ0) is 33.5. The van der Waals surface area contributed by atoms with Crippen LogP contribution in [0.15, 0.2) is 12.3 Å². The lowest BCUT2D eigenvalue weighted by molar-refractivity contribution is -0.0930. The molecule has 10 nitrogen and oxygen atoms in total. The average molecular weight is 674 g/mol. The Kier molecular flexibility index (Phi) is 8.03. The van der Waals surface area contributed by atoms with Crippen LogP contribution >= 0.6 is 11.6 Å². The maximum atomic E-state index is 14.9. The minimum absolute atomic E-state index is 0.0161. The number of carbonyl (C=O) groups is 1. The minimum atomic E-state index is -2.60. The van der Waals surface area contributed by atoms with Gasteiger partial charge in [-0.2, -0.15) is 10.2 Å². The summed E-state index contributed by atoms with van der Waals surface area (Å²) in [4.78, 5) is 16.2. The van der Waals surface area contributed by atoms with Gasteiger partial charge in [0.25, 0.3) is 6.43 Å². The van der Waals surface area contributed by atoms with Crippen molar-refractivity contribution in [2.75, 3.05) is 44.2 Å². The Labute approximate surface area is 279 Å². The molecule has 5 heterocycles. The van der Waals surface area contributed by atoms with Crippen LogP contribution in [0.3, 0.4) is 0 Å². The van der Waals surface area contributed by atoms with E-state index in [-0.39, 0.29) is 30.3 Å². The SMILES string of the molecule is Cc1cc2c(cnn2C2CCCCO2)c(-c2c(N3CCNC[C@@]3(C)C(F)F)nn(C3CC4(C3)CN(C(=O)OC(C)(C)C)C4)c2C)c1Cl. The molecule has 4 fully saturated rings. The van der Waals surface area contributed by atoms with Crippen LogP contribution in [-0.2, 0) is 9.47 Å². The predicted octanol–water partition coefficient (Wildman–Crippen LogP) is 6.87. The first kappa shape index (κ1) is 32.6. The minimum Gasteiger partial charge on any atom is -0.444 e. The van der Waals surface area contributed by atoms with Gasteiger partial charge in [-0.15, -0.1) is 0 Å². The number of rotatable bonds is 5. The highest BCUT2D eigenvalue weighted by Crippen LogP contribution is 2.56. The maximum absolute atomic E-state index is 14.9. The number of amides is 1. The third-order valence-corrected chi connectivity index (χ3v) is 11.0. The van der Waals surface area contributed by atoms with E-state index in [4.69, 9.17) is 31.3 Å². The number of hydrogen-bond acceptors (Lipinski definition) is 7. The lowest BCUT2D eigenvalue weighted by Crippen LogP contribution is -2.64. The van der Waals surface area contributed by atoms with Crippen molar-refractivity contribution < 1.29 is 23.0 Å². The summed E-state index contributed by atoms with van der Waals surface area (Å²) in [6.07, 6.45) is 3.43. The van der Waals surface area contributed by atoms with E-state index in [1.165, 1.54) is 0 Å². The van der Waals surface area contributed by atoms with Crippen molar-refractivity contribution in [3.63, 3.8) is 0 Å². The fraction of sp³-hybridized carbons (Fsp3) is 0.676. The summed E-state index contributed by atoms with van der Waals surface area (Å²) in [7, 11) is 0. The monoisotopic (exact) mass is 673 g/mol. The molecule has 1 saturated carbocycles. The number of nitrogens with zero attached hydrogens (tertiary/aromatic N) is 6. The number of aromatic nitrogens is 4. The van der Waals surface area contributed by atoms with Crippen LogP contribution in [-0.4, -0.2) is 87.5 Å². The van der Waals surface area contributed by atoms with E-state index in [0.29, 0.717) is 43.6 Å². The van der Waals surface area contributed by atoms with Crippen molar-refractivity contribution in [3.05, 3.63) is 28.5 Å². The molecule has 2 atom stereocenters. The number of alkyl halides is 2. The molecular formula is C34H46ClF2N7O3. The molecule has 1 N–H and O–H groups in total. The van der Waals surface area contributed by atoms with E-state index in [1.54, 1.807) is 16.7 Å². The number of aryl methyl sites for hydroxylation is 1. The van der Waals surface area contributed by atoms with Crippen molar-refractivity contribution >= 4 is 34.4 Å². The van der Waals surface area contributed by atoms with Crippen LogP contribution in [0.4, 0.5) is 19.4 Å². The van der Waals surface area contributed by atoms with E-state index in [0.717, 1.165) is 65.4 Å². The Morgan fingerprint density at radius 2 is 1.91 bits per heavy atom. The summed E-state index contributed by atoms with van der Waals surface area (Å²) in [6.45, 7) is 14.3. The number of likely N-dealkylation sites (tertiary alicyclic amines) is 1. The molecule has 3 aromatic rings. The summed E-state index contributed by atoms with van der Waals surface area (Å²) in [5, 5.41) is 14.6. The van der Waals surface area contributed by atoms with Crippen molar-refractivity contribution in [3.8, 4) is 11.1 Å². The van der Waals surface area contributed by atoms with Gasteiger partial charge < -0.3 is 24.6 Å². The molecule has 1 unspecified atom stereocenters. The number of benzene rings is 1. The molecule has 47 heavy (non-hydrogen) atoms. The van der Waals surface area contributed by atoms with Crippen LogP contribution in [0.25, 0.3) is 22.0 Å². The highest BCUT2D eigenvalue weighted by molar-refractivity contribution is 6.36. The number of anilines is 1. The predicted molar refractivity (Wildman–Crippen MR) is 177 cm³/mol. The molecule has 0 radical (unpaired) electrons. The summed E-state index contributed by atoms with van der Waals surface area (Å²) >= 11 is 7.19. The zero-order valence-electron chi connectivity index (χ0n) is 28.2. The number of ether oxygens (including phenoxy) is 2. The number of carbonyl (C=O) groups excluding carboxylic acids is 1. The van der Waals surface area contributed by atoms with Gasteiger partial charge in [-0.25, -0.2) is 18.3 Å². The number of hydrogen-bond donors (Lipinski definition) is 1. The van der Waals surface area contributed by atoms with E-state index >= 15 is 0 Å². The smallest absolute Gasteiger partial charge is 0.410 e. The lowest BCUT2D eigenvalue weighted by Gasteiger charge is -2.58. The van der Waals surface area contributed by atoms with Gasteiger partial charge in [-0.05, 0) is 85.3 Å². The average Bonchev–Trinajstić information content (AvgIpc) is 3.53. The van der Waals surface area contributed by atoms with Gasteiger partial charge in [-0.3, -0.25) is 4.68 Å². The molecule has 1 aliphatic carbocycles. The molecule has 4 aliphatic rings. The van der Waals surface area contributed by atoms with Crippen LogP contribution in [0.1, 0.15) is 83.3 Å². The van der Waals surface area contributed by atoms with Gasteiger partial charge in [0.05, 0.1) is 22.8 Å². The molecule has 2 aromatic heterocycles. The molecule has 3 saturated heterocycles. The maximum Gasteiger partial charge on any atom is 0.410 e. The molecule has 7 rings (SSSR count). The van der Waals surface area contributed by atoms with E-state index in [1.807, 2.05) is 56.2 Å². The largest absolute Gasteiger partial charge is 0.444 e. The first-order valence-electron chi connectivity index (χ1n) is 16.8. The first-order chi connectivity index (χ1) is 22.2. The van der Waals surface area contributed by atoms with E-state index in [2.05, 4.69) is 5.32 Å². The number of fused-ring (bicyclic) bond motifs is 1. The molecule has 1 amide bonds. The van der Waals surface area contributed by atoms with Crippen LogP contribution < -0.4 is 10.2 Å². The Balaban J connectivity index is 1.29. The Hall–Kier alpha value is -2.96. The molecule has 1 aromatic carbocycles. The molecular weight excluding hydrogens is 628 g/mol. The zero-order valence-corrected chi connectivity index (χ0v) is 29.0. The van der Waals surface area contributed by atoms with Crippen molar-refractivity contribution in [1.29, 1.82) is 0 Å². The normalized spacial score (nSPS) is 25.0. The first-order valence-corrected chi connectivity index (χ1v) is 17.2. The third kappa shape index (κ3) is 5.48. The van der Waals surface area contributed by atoms with Gasteiger partial charge in [-0.1, -0.05) is 11.6 Å². The lowest BCUT2D eigenvalue weighted by atomic mass is 9.61. The van der Waals surface area contributed by atoms with Crippen LogP contribution in [0.5, 0.6) is 0 Å². The van der Waals surface area contributed by atoms with Gasteiger partial charge in [0.15, 0.2) is 12.0 Å². The summed E-state index contributed by atoms with van der Waals surface area (Å²) < 4.78 is 45.4. The fourth-order valence-electron chi connectivity index (χ4n) is 8.04. The van der Waals surface area contributed by atoms with Crippen LogP contribution in [0.2, 0.25) is 5.02 Å². The standard InChI is InChI=1S/C34H46ClF2N7O3/c1-20-13-24-23(16-39-44(24)25-9-7-8-12-46-25)27(28(20)35)26-21(2)43(40-29(26)42-11-10-38-17-33(42,6)30(36)37)22-14-34(15-22)18-41(19-34)31(45)47-32(3,4)5/h13,16,22,25,30,38H,7-12,14-15,17-19H2,1-6H3/t25?,33-/m0/s1. The van der Waals surface area contributed by atoms with Crippen molar-refractivity contribution in [2.45, 2.75) is 103 Å². The molecule has 256 valence electrons. The second-order valence-corrected chi connectivity index (χ2v) is 15.7. The molecule has 0 bridgehead atoms. The Bertz CT molecular complexity index is 1680. The number of nitrogens with one attached hydrogen (secondary N) is 1. The number of piperazine rings is 1. The highest BCUT2D eigenvalue weighted by atomic mass is 35.5. The van der Waals surface area contributed by atoms with Crippen molar-refractivity contribution in [2.24, 2.45) is 5.41 Å². The number of halogens is 3.